The molecule has 0 spiro atoms. The summed E-state index contributed by atoms with van der Waals surface area (Å²) in [5.74, 6) is -0.552. The molecule has 1 amide bonds. The zero-order valence-electron chi connectivity index (χ0n) is 12.4. The Morgan fingerprint density at radius 2 is 2.09 bits per heavy atom. The summed E-state index contributed by atoms with van der Waals surface area (Å²) in [5.41, 5.74) is 1.99. The SMILES string of the molecule is CC(C=NNC(=O)CNc1n[nH]c(=O)[nH]c1=O)c1ccccc1. The third-order valence-corrected chi connectivity index (χ3v) is 2.94. The van der Waals surface area contributed by atoms with Crippen LogP contribution in [0.5, 0.6) is 0 Å². The van der Waals surface area contributed by atoms with Gasteiger partial charge in [0.05, 0.1) is 6.54 Å². The molecule has 0 fully saturated rings. The Balaban J connectivity index is 1.82. The maximum absolute atomic E-state index is 11.6. The van der Waals surface area contributed by atoms with Gasteiger partial charge in [0.15, 0.2) is 0 Å². The van der Waals surface area contributed by atoms with Crippen LogP contribution < -0.4 is 22.0 Å². The Labute approximate surface area is 130 Å². The molecule has 9 heteroatoms. The quantitative estimate of drug-likeness (QED) is 0.432. The van der Waals surface area contributed by atoms with E-state index in [-0.39, 0.29) is 18.3 Å². The topological polar surface area (TPSA) is 132 Å². The number of nitrogens with zero attached hydrogens (tertiary/aromatic N) is 2. The number of rotatable bonds is 6. The first-order valence-electron chi connectivity index (χ1n) is 6.86. The van der Waals surface area contributed by atoms with Crippen molar-refractivity contribution in [3.05, 3.63) is 56.7 Å². The molecule has 9 nitrogen and oxygen atoms in total. The summed E-state index contributed by atoms with van der Waals surface area (Å²) in [6.45, 7) is 1.74. The van der Waals surface area contributed by atoms with Crippen molar-refractivity contribution in [1.29, 1.82) is 0 Å². The molecule has 0 aliphatic heterocycles. The van der Waals surface area contributed by atoms with Gasteiger partial charge in [0.25, 0.3) is 11.5 Å². The lowest BCUT2D eigenvalue weighted by atomic mass is 10.0. The van der Waals surface area contributed by atoms with Gasteiger partial charge in [0, 0.05) is 12.1 Å². The second-order valence-electron chi connectivity index (χ2n) is 4.72. The van der Waals surface area contributed by atoms with Gasteiger partial charge < -0.3 is 5.32 Å². The van der Waals surface area contributed by atoms with Crippen LogP contribution in [0.3, 0.4) is 0 Å². The maximum Gasteiger partial charge on any atom is 0.342 e. The molecule has 0 saturated heterocycles. The predicted octanol–water partition coefficient (Wildman–Crippen LogP) is -0.224. The van der Waals surface area contributed by atoms with E-state index in [1.807, 2.05) is 42.2 Å². The number of nitrogens with one attached hydrogen (secondary N) is 4. The molecular weight excluding hydrogens is 300 g/mol. The number of carbonyl (C=O) groups excluding carboxylic acids is 1. The van der Waals surface area contributed by atoms with Crippen LogP contribution >= 0.6 is 0 Å². The summed E-state index contributed by atoms with van der Waals surface area (Å²) in [7, 11) is 0. The molecule has 120 valence electrons. The molecule has 0 aliphatic rings. The van der Waals surface area contributed by atoms with E-state index >= 15 is 0 Å². The average molecular weight is 316 g/mol. The highest BCUT2D eigenvalue weighted by Crippen LogP contribution is 2.11. The lowest BCUT2D eigenvalue weighted by Crippen LogP contribution is -2.31. The molecule has 1 aromatic heterocycles. The molecule has 1 aromatic carbocycles. The number of hydrogen-bond acceptors (Lipinski definition) is 6. The Morgan fingerprint density at radius 1 is 1.35 bits per heavy atom. The molecule has 0 radical (unpaired) electrons. The highest BCUT2D eigenvalue weighted by molar-refractivity contribution is 5.81. The number of anilines is 1. The smallest absolute Gasteiger partial charge is 0.342 e. The van der Waals surface area contributed by atoms with E-state index in [1.54, 1.807) is 6.21 Å². The first kappa shape index (κ1) is 16.1. The van der Waals surface area contributed by atoms with Crippen molar-refractivity contribution in [1.82, 2.24) is 20.6 Å². The number of hydrogen-bond donors (Lipinski definition) is 4. The second-order valence-corrected chi connectivity index (χ2v) is 4.72. The zero-order chi connectivity index (χ0) is 16.7. The summed E-state index contributed by atoms with van der Waals surface area (Å²) in [6.07, 6.45) is 1.61. The van der Waals surface area contributed by atoms with Gasteiger partial charge in [-0.3, -0.25) is 14.6 Å². The first-order chi connectivity index (χ1) is 11.1. The van der Waals surface area contributed by atoms with Gasteiger partial charge in [-0.05, 0) is 5.56 Å². The van der Waals surface area contributed by atoms with Crippen LogP contribution in [0, 0.1) is 0 Å². The Kier molecular flexibility index (Phi) is 5.40. The molecule has 2 aromatic rings. The van der Waals surface area contributed by atoms with E-state index in [9.17, 15) is 14.4 Å². The van der Waals surface area contributed by atoms with E-state index in [2.05, 4.69) is 26.0 Å². The number of aromatic nitrogens is 3. The number of hydrazone groups is 1. The summed E-state index contributed by atoms with van der Waals surface area (Å²) in [4.78, 5) is 35.8. The van der Waals surface area contributed by atoms with Crippen molar-refractivity contribution in [2.24, 2.45) is 5.10 Å². The van der Waals surface area contributed by atoms with Crippen molar-refractivity contribution in [2.75, 3.05) is 11.9 Å². The molecule has 0 aliphatic carbocycles. The fourth-order valence-corrected chi connectivity index (χ4v) is 1.73. The van der Waals surface area contributed by atoms with Gasteiger partial charge in [0.2, 0.25) is 5.82 Å². The average Bonchev–Trinajstić information content (AvgIpc) is 2.54. The monoisotopic (exact) mass is 316 g/mol. The highest BCUT2D eigenvalue weighted by atomic mass is 16.2. The molecule has 1 heterocycles. The van der Waals surface area contributed by atoms with E-state index in [0.717, 1.165) is 5.56 Å². The van der Waals surface area contributed by atoms with Crippen molar-refractivity contribution in [3.8, 4) is 0 Å². The molecule has 2 rings (SSSR count). The number of carbonyl (C=O) groups is 1. The number of H-pyrrole nitrogens is 2. The molecular formula is C14H16N6O3. The van der Waals surface area contributed by atoms with Gasteiger partial charge in [-0.1, -0.05) is 37.3 Å². The van der Waals surface area contributed by atoms with Crippen LogP contribution in [0.4, 0.5) is 5.82 Å². The normalized spacial score (nSPS) is 12.0. The lowest BCUT2D eigenvalue weighted by Gasteiger charge is -2.06. The molecule has 1 atom stereocenters. The summed E-state index contributed by atoms with van der Waals surface area (Å²) in [5, 5.41) is 11.9. The molecule has 0 saturated carbocycles. The largest absolute Gasteiger partial charge is 0.355 e. The van der Waals surface area contributed by atoms with E-state index < -0.39 is 17.2 Å². The van der Waals surface area contributed by atoms with Gasteiger partial charge in [-0.25, -0.2) is 15.3 Å². The minimum atomic E-state index is -0.718. The Bertz CT molecular complexity index is 796. The van der Waals surface area contributed by atoms with Gasteiger partial charge in [-0.15, -0.1) is 5.10 Å². The van der Waals surface area contributed by atoms with E-state index in [1.165, 1.54) is 0 Å². The van der Waals surface area contributed by atoms with E-state index in [0.29, 0.717) is 0 Å². The van der Waals surface area contributed by atoms with Crippen LogP contribution in [0.25, 0.3) is 0 Å². The van der Waals surface area contributed by atoms with Crippen molar-refractivity contribution in [2.45, 2.75) is 12.8 Å². The zero-order valence-corrected chi connectivity index (χ0v) is 12.4. The molecule has 23 heavy (non-hydrogen) atoms. The molecule has 1 unspecified atom stereocenters. The standard InChI is InChI=1S/C14H16N6O3/c1-9(10-5-3-2-4-6-10)7-16-18-11(21)8-15-12-13(22)17-14(23)20-19-12/h2-7,9H,8H2,1H3,(H,15,19)(H,18,21)(H2,17,20,22,23). The third kappa shape index (κ3) is 4.92. The van der Waals surface area contributed by atoms with Gasteiger partial charge >= 0.3 is 5.69 Å². The Morgan fingerprint density at radius 3 is 2.78 bits per heavy atom. The van der Waals surface area contributed by atoms with Crippen LogP contribution in [-0.4, -0.2) is 33.8 Å². The minimum absolute atomic E-state index is 0.0492. The van der Waals surface area contributed by atoms with Crippen LogP contribution in [0.15, 0.2) is 45.0 Å². The number of amides is 1. The summed E-state index contributed by atoms with van der Waals surface area (Å²) < 4.78 is 0. The van der Waals surface area contributed by atoms with Crippen LogP contribution in [-0.2, 0) is 4.79 Å². The highest BCUT2D eigenvalue weighted by Gasteiger charge is 2.05. The molecule has 4 N–H and O–H groups in total. The van der Waals surface area contributed by atoms with Crippen molar-refractivity contribution < 1.29 is 4.79 Å². The van der Waals surface area contributed by atoms with Crippen LogP contribution in [0.2, 0.25) is 0 Å². The fraction of sp³-hybridized carbons (Fsp3) is 0.214. The maximum atomic E-state index is 11.6. The van der Waals surface area contributed by atoms with Crippen molar-refractivity contribution >= 4 is 17.9 Å². The molecule has 0 bridgehead atoms. The minimum Gasteiger partial charge on any atom is -0.355 e. The number of aromatic amines is 2. The third-order valence-electron chi connectivity index (χ3n) is 2.94. The summed E-state index contributed by atoms with van der Waals surface area (Å²) >= 11 is 0. The van der Waals surface area contributed by atoms with E-state index in [4.69, 9.17) is 0 Å². The number of benzene rings is 1. The van der Waals surface area contributed by atoms with Gasteiger partial charge in [0.1, 0.15) is 0 Å². The Hall–Kier alpha value is -3.23. The summed E-state index contributed by atoms with van der Waals surface area (Å²) in [6, 6.07) is 9.71. The predicted molar refractivity (Wildman–Crippen MR) is 85.5 cm³/mol. The second kappa shape index (κ2) is 7.69. The van der Waals surface area contributed by atoms with Crippen molar-refractivity contribution in [3.63, 3.8) is 0 Å². The fourth-order valence-electron chi connectivity index (χ4n) is 1.73. The van der Waals surface area contributed by atoms with Crippen LogP contribution in [0.1, 0.15) is 18.4 Å². The van der Waals surface area contributed by atoms with Gasteiger partial charge in [-0.2, -0.15) is 5.10 Å². The lowest BCUT2D eigenvalue weighted by molar-refractivity contribution is -0.119. The first-order valence-corrected chi connectivity index (χ1v) is 6.86.